The molecule has 0 spiro atoms. The highest BCUT2D eigenvalue weighted by Crippen LogP contribution is 1.99. The first kappa shape index (κ1) is 9.67. The second-order valence-electron chi connectivity index (χ2n) is 2.52. The quantitative estimate of drug-likeness (QED) is 0.677. The molecule has 1 aromatic rings. The number of nitrogens with one attached hydrogen (secondary N) is 1. The lowest BCUT2D eigenvalue weighted by atomic mass is 10.3. The van der Waals surface area contributed by atoms with E-state index in [0.29, 0.717) is 11.5 Å². The molecular formula is C9H13N3O. The zero-order valence-electron chi connectivity index (χ0n) is 7.78. The monoisotopic (exact) mass is 179 g/mol. The van der Waals surface area contributed by atoms with E-state index in [4.69, 9.17) is 5.11 Å². The molecule has 0 aliphatic carbocycles. The van der Waals surface area contributed by atoms with E-state index in [-0.39, 0.29) is 6.61 Å². The van der Waals surface area contributed by atoms with Gasteiger partial charge < -0.3 is 10.1 Å². The smallest absolute Gasteiger partial charge is 0.155 e. The molecule has 1 heterocycles. The van der Waals surface area contributed by atoms with Gasteiger partial charge in [-0.25, -0.2) is 4.98 Å². The van der Waals surface area contributed by atoms with Gasteiger partial charge in [0, 0.05) is 7.05 Å². The summed E-state index contributed by atoms with van der Waals surface area (Å²) in [5.74, 6) is 0.685. The van der Waals surface area contributed by atoms with E-state index < -0.39 is 0 Å². The van der Waals surface area contributed by atoms with Crippen LogP contribution in [0.15, 0.2) is 23.3 Å². The summed E-state index contributed by atoms with van der Waals surface area (Å²) in [4.78, 5) is 11.1. The summed E-state index contributed by atoms with van der Waals surface area (Å²) in [6.45, 7) is 1.89. The van der Waals surface area contributed by atoms with Crippen LogP contribution < -0.4 is 0 Å². The average molecular weight is 179 g/mol. The first-order chi connectivity index (χ1) is 6.31. The van der Waals surface area contributed by atoms with Gasteiger partial charge in [-0.15, -0.1) is 0 Å². The first-order valence-electron chi connectivity index (χ1n) is 4.06. The third kappa shape index (κ3) is 2.26. The van der Waals surface area contributed by atoms with Crippen molar-refractivity contribution >= 4 is 5.71 Å². The highest BCUT2D eigenvalue weighted by Gasteiger charge is 2.02. The van der Waals surface area contributed by atoms with E-state index >= 15 is 0 Å². The second kappa shape index (κ2) is 4.57. The SMILES string of the molecule is C/C=C\C(=NC)c1ncc(CO)[nH]1. The molecule has 0 unspecified atom stereocenters. The summed E-state index contributed by atoms with van der Waals surface area (Å²) >= 11 is 0. The fourth-order valence-electron chi connectivity index (χ4n) is 0.987. The van der Waals surface area contributed by atoms with Crippen molar-refractivity contribution in [1.29, 1.82) is 0 Å². The van der Waals surface area contributed by atoms with E-state index in [1.165, 1.54) is 0 Å². The van der Waals surface area contributed by atoms with Crippen molar-refractivity contribution in [2.75, 3.05) is 7.05 Å². The summed E-state index contributed by atoms with van der Waals surface area (Å²) in [7, 11) is 1.70. The van der Waals surface area contributed by atoms with Crippen LogP contribution in [-0.4, -0.2) is 27.8 Å². The Balaban J connectivity index is 2.92. The summed E-state index contributed by atoms with van der Waals surface area (Å²) in [6.07, 6.45) is 5.35. The molecule has 2 N–H and O–H groups in total. The Morgan fingerprint density at radius 1 is 1.77 bits per heavy atom. The molecule has 0 aliphatic rings. The molecule has 4 nitrogen and oxygen atoms in total. The summed E-state index contributed by atoms with van der Waals surface area (Å²) in [5.41, 5.74) is 1.47. The molecule has 4 heteroatoms. The Hall–Kier alpha value is -1.42. The predicted molar refractivity (Wildman–Crippen MR) is 51.8 cm³/mol. The molecule has 0 saturated heterocycles. The molecule has 0 bridgehead atoms. The number of nitrogens with zero attached hydrogens (tertiary/aromatic N) is 2. The fourth-order valence-corrected chi connectivity index (χ4v) is 0.987. The van der Waals surface area contributed by atoms with Crippen molar-refractivity contribution in [3.8, 4) is 0 Å². The molecule has 0 atom stereocenters. The Morgan fingerprint density at radius 2 is 2.54 bits per heavy atom. The van der Waals surface area contributed by atoms with Gasteiger partial charge in [-0.05, 0) is 13.0 Å². The number of hydrogen-bond acceptors (Lipinski definition) is 3. The molecule has 0 aliphatic heterocycles. The van der Waals surface area contributed by atoms with Crippen molar-refractivity contribution in [3.63, 3.8) is 0 Å². The van der Waals surface area contributed by atoms with Crippen LogP contribution in [0.5, 0.6) is 0 Å². The molecule has 13 heavy (non-hydrogen) atoms. The summed E-state index contributed by atoms with van der Waals surface area (Å²) in [6, 6.07) is 0. The van der Waals surface area contributed by atoms with E-state index in [2.05, 4.69) is 15.0 Å². The zero-order chi connectivity index (χ0) is 9.68. The van der Waals surface area contributed by atoms with Crippen molar-refractivity contribution in [3.05, 3.63) is 29.9 Å². The van der Waals surface area contributed by atoms with Gasteiger partial charge in [-0.2, -0.15) is 0 Å². The lowest BCUT2D eigenvalue weighted by Crippen LogP contribution is -1.99. The maximum Gasteiger partial charge on any atom is 0.155 e. The zero-order valence-corrected chi connectivity index (χ0v) is 7.78. The third-order valence-electron chi connectivity index (χ3n) is 1.61. The number of aliphatic hydroxyl groups excluding tert-OH is 1. The van der Waals surface area contributed by atoms with Crippen LogP contribution >= 0.6 is 0 Å². The molecule has 0 amide bonds. The molecule has 70 valence electrons. The van der Waals surface area contributed by atoms with Crippen molar-refractivity contribution < 1.29 is 5.11 Å². The summed E-state index contributed by atoms with van der Waals surface area (Å²) in [5, 5.41) is 8.81. The van der Waals surface area contributed by atoms with Crippen molar-refractivity contribution in [2.45, 2.75) is 13.5 Å². The van der Waals surface area contributed by atoms with Gasteiger partial charge in [0.2, 0.25) is 0 Å². The lowest BCUT2D eigenvalue weighted by molar-refractivity contribution is 0.277. The van der Waals surface area contributed by atoms with E-state index in [9.17, 15) is 0 Å². The number of allylic oxidation sites excluding steroid dienone is 2. The number of aromatic nitrogens is 2. The van der Waals surface area contributed by atoms with Gasteiger partial charge in [0.15, 0.2) is 5.82 Å². The molecule has 1 aromatic heterocycles. The Morgan fingerprint density at radius 3 is 3.00 bits per heavy atom. The minimum atomic E-state index is -0.0279. The number of rotatable bonds is 3. The maximum absolute atomic E-state index is 8.81. The first-order valence-corrected chi connectivity index (χ1v) is 4.06. The Labute approximate surface area is 77.0 Å². The largest absolute Gasteiger partial charge is 0.390 e. The molecule has 1 rings (SSSR count). The number of aliphatic hydroxyl groups is 1. The fraction of sp³-hybridized carbons (Fsp3) is 0.333. The van der Waals surface area contributed by atoms with Crippen LogP contribution in [0.3, 0.4) is 0 Å². The predicted octanol–water partition coefficient (Wildman–Crippen LogP) is 0.897. The minimum absolute atomic E-state index is 0.0279. The minimum Gasteiger partial charge on any atom is -0.390 e. The lowest BCUT2D eigenvalue weighted by Gasteiger charge is -1.93. The molecule has 0 fully saturated rings. The number of aromatic amines is 1. The van der Waals surface area contributed by atoms with Crippen LogP contribution in [0, 0.1) is 0 Å². The van der Waals surface area contributed by atoms with Crippen molar-refractivity contribution in [2.24, 2.45) is 4.99 Å². The number of imidazole rings is 1. The number of H-pyrrole nitrogens is 1. The third-order valence-corrected chi connectivity index (χ3v) is 1.61. The highest BCUT2D eigenvalue weighted by molar-refractivity contribution is 6.05. The molecule has 0 saturated carbocycles. The van der Waals surface area contributed by atoms with Gasteiger partial charge in [0.05, 0.1) is 24.2 Å². The standard InChI is InChI=1S/C9H13N3O/c1-3-4-8(10-2)9-11-5-7(6-13)12-9/h3-5,13H,6H2,1-2H3,(H,11,12)/b4-3-,10-8?. The van der Waals surface area contributed by atoms with Crippen LogP contribution in [0.4, 0.5) is 0 Å². The molecular weight excluding hydrogens is 166 g/mol. The number of aliphatic imine (C=N–C) groups is 1. The highest BCUT2D eigenvalue weighted by atomic mass is 16.3. The van der Waals surface area contributed by atoms with E-state index in [0.717, 1.165) is 5.71 Å². The van der Waals surface area contributed by atoms with Gasteiger partial charge in [0.25, 0.3) is 0 Å². The van der Waals surface area contributed by atoms with Gasteiger partial charge in [0.1, 0.15) is 0 Å². The normalized spacial score (nSPS) is 12.7. The van der Waals surface area contributed by atoms with Gasteiger partial charge in [-0.3, -0.25) is 4.99 Å². The van der Waals surface area contributed by atoms with Crippen LogP contribution in [0.25, 0.3) is 0 Å². The van der Waals surface area contributed by atoms with E-state index in [1.807, 2.05) is 19.1 Å². The van der Waals surface area contributed by atoms with Crippen molar-refractivity contribution in [1.82, 2.24) is 9.97 Å². The second-order valence-corrected chi connectivity index (χ2v) is 2.52. The topological polar surface area (TPSA) is 61.3 Å². The molecule has 0 radical (unpaired) electrons. The van der Waals surface area contributed by atoms with E-state index in [1.54, 1.807) is 13.2 Å². The van der Waals surface area contributed by atoms with Gasteiger partial charge >= 0.3 is 0 Å². The van der Waals surface area contributed by atoms with Crippen LogP contribution in [0.2, 0.25) is 0 Å². The summed E-state index contributed by atoms with van der Waals surface area (Å²) < 4.78 is 0. The van der Waals surface area contributed by atoms with Gasteiger partial charge in [-0.1, -0.05) is 6.08 Å². The number of hydrogen-bond donors (Lipinski definition) is 2. The van der Waals surface area contributed by atoms with Crippen LogP contribution in [-0.2, 0) is 6.61 Å². The Bertz CT molecular complexity index is 325. The Kier molecular flexibility index (Phi) is 3.40. The van der Waals surface area contributed by atoms with Crippen LogP contribution in [0.1, 0.15) is 18.4 Å². The molecule has 0 aromatic carbocycles. The average Bonchev–Trinajstić information content (AvgIpc) is 2.62. The maximum atomic E-state index is 8.81.